The van der Waals surface area contributed by atoms with E-state index in [2.05, 4.69) is 36.2 Å². The summed E-state index contributed by atoms with van der Waals surface area (Å²) in [5.74, 6) is 0.575. The van der Waals surface area contributed by atoms with Crippen molar-refractivity contribution in [2.75, 3.05) is 0 Å². The molecule has 0 atom stereocenters. The van der Waals surface area contributed by atoms with Crippen molar-refractivity contribution in [2.24, 2.45) is 10.2 Å². The van der Waals surface area contributed by atoms with Crippen molar-refractivity contribution in [3.8, 4) is 0 Å². The second kappa shape index (κ2) is 4.89. The summed E-state index contributed by atoms with van der Waals surface area (Å²) in [6.45, 7) is 8.41. The normalized spacial score (nSPS) is 11.9. The molecule has 0 aliphatic carbocycles. The van der Waals surface area contributed by atoms with E-state index in [4.69, 9.17) is 0 Å². The Kier molecular flexibility index (Phi) is 3.81. The Morgan fingerprint density at radius 2 is 1.50 bits per heavy atom. The molecule has 0 saturated heterocycles. The van der Waals surface area contributed by atoms with Crippen LogP contribution in [-0.4, -0.2) is 6.04 Å². The van der Waals surface area contributed by atoms with Crippen LogP contribution >= 0.6 is 0 Å². The number of nitrogens with zero attached hydrogens (tertiary/aromatic N) is 2. The average Bonchev–Trinajstić information content (AvgIpc) is 2.15. The maximum absolute atomic E-state index is 4.13. The number of azo groups is 1. The van der Waals surface area contributed by atoms with Crippen molar-refractivity contribution in [3.05, 3.63) is 29.8 Å². The van der Waals surface area contributed by atoms with Crippen LogP contribution < -0.4 is 0 Å². The van der Waals surface area contributed by atoms with Crippen LogP contribution in [0.5, 0.6) is 0 Å². The van der Waals surface area contributed by atoms with Crippen molar-refractivity contribution in [2.45, 2.75) is 39.7 Å². The van der Waals surface area contributed by atoms with Gasteiger partial charge in [0.25, 0.3) is 0 Å². The molecule has 0 saturated carbocycles. The molecule has 0 aliphatic heterocycles. The van der Waals surface area contributed by atoms with Gasteiger partial charge in [-0.2, -0.15) is 10.2 Å². The maximum atomic E-state index is 4.13. The Balaban J connectivity index is 2.73. The molecule has 14 heavy (non-hydrogen) atoms. The highest BCUT2D eigenvalue weighted by Gasteiger charge is 1.97. The first kappa shape index (κ1) is 10.9. The lowest BCUT2D eigenvalue weighted by Gasteiger charge is -2.04. The SMILES string of the molecule is CC(C)N=Nc1ccc(C(C)C)cc1. The first-order chi connectivity index (χ1) is 6.59. The molecule has 0 aliphatic rings. The zero-order valence-electron chi connectivity index (χ0n) is 9.36. The molecule has 0 amide bonds. The third-order valence-corrected chi connectivity index (χ3v) is 1.96. The second-order valence-corrected chi connectivity index (χ2v) is 4.06. The Morgan fingerprint density at radius 1 is 0.929 bits per heavy atom. The predicted molar refractivity (Wildman–Crippen MR) is 60.2 cm³/mol. The Hall–Kier alpha value is -1.18. The van der Waals surface area contributed by atoms with E-state index in [-0.39, 0.29) is 6.04 Å². The summed E-state index contributed by atoms with van der Waals surface area (Å²) < 4.78 is 0. The zero-order valence-corrected chi connectivity index (χ0v) is 9.36. The minimum atomic E-state index is 0.264. The van der Waals surface area contributed by atoms with Crippen LogP contribution in [0.2, 0.25) is 0 Å². The third kappa shape index (κ3) is 3.29. The average molecular weight is 190 g/mol. The molecule has 0 fully saturated rings. The molecule has 0 N–H and O–H groups in total. The quantitative estimate of drug-likeness (QED) is 0.635. The summed E-state index contributed by atoms with van der Waals surface area (Å²) in [5.41, 5.74) is 2.27. The van der Waals surface area contributed by atoms with Crippen LogP contribution in [0.25, 0.3) is 0 Å². The van der Waals surface area contributed by atoms with Crippen molar-refractivity contribution in [1.29, 1.82) is 0 Å². The Morgan fingerprint density at radius 3 is 1.93 bits per heavy atom. The van der Waals surface area contributed by atoms with E-state index in [1.54, 1.807) is 0 Å². The van der Waals surface area contributed by atoms with Crippen LogP contribution in [0.15, 0.2) is 34.5 Å². The topological polar surface area (TPSA) is 24.7 Å². The standard InChI is InChI=1S/C12H18N2/c1-9(2)11-5-7-12(8-6-11)14-13-10(3)4/h5-10H,1-4H3. The maximum Gasteiger partial charge on any atom is 0.0852 e. The summed E-state index contributed by atoms with van der Waals surface area (Å²) in [4.78, 5) is 0. The van der Waals surface area contributed by atoms with Gasteiger partial charge in [0, 0.05) is 0 Å². The molecule has 0 heterocycles. The van der Waals surface area contributed by atoms with Crippen molar-refractivity contribution >= 4 is 5.69 Å². The molecule has 0 bridgehead atoms. The van der Waals surface area contributed by atoms with Crippen LogP contribution in [0.1, 0.15) is 39.2 Å². The fourth-order valence-corrected chi connectivity index (χ4v) is 1.11. The summed E-state index contributed by atoms with van der Waals surface area (Å²) in [7, 11) is 0. The highest BCUT2D eigenvalue weighted by molar-refractivity contribution is 5.38. The highest BCUT2D eigenvalue weighted by atomic mass is 15.1. The number of benzene rings is 1. The van der Waals surface area contributed by atoms with Gasteiger partial charge in [-0.05, 0) is 37.5 Å². The van der Waals surface area contributed by atoms with E-state index in [1.165, 1.54) is 5.56 Å². The van der Waals surface area contributed by atoms with Gasteiger partial charge in [0.1, 0.15) is 0 Å². The molecule has 0 unspecified atom stereocenters. The van der Waals surface area contributed by atoms with E-state index < -0.39 is 0 Å². The van der Waals surface area contributed by atoms with Crippen LogP contribution in [0.3, 0.4) is 0 Å². The van der Waals surface area contributed by atoms with Gasteiger partial charge in [0.2, 0.25) is 0 Å². The van der Waals surface area contributed by atoms with Crippen LogP contribution in [0, 0.1) is 0 Å². The zero-order chi connectivity index (χ0) is 10.6. The smallest absolute Gasteiger partial charge is 0.0852 e. The van der Waals surface area contributed by atoms with Gasteiger partial charge in [0.15, 0.2) is 0 Å². The molecule has 2 heteroatoms. The van der Waals surface area contributed by atoms with E-state index in [0.29, 0.717) is 5.92 Å². The number of hydrogen-bond acceptors (Lipinski definition) is 2. The third-order valence-electron chi connectivity index (χ3n) is 1.96. The molecule has 0 aromatic heterocycles. The van der Waals surface area contributed by atoms with Gasteiger partial charge in [0.05, 0.1) is 11.7 Å². The lowest BCUT2D eigenvalue weighted by atomic mass is 10.0. The predicted octanol–water partition coefficient (Wildman–Crippen LogP) is 4.30. The number of rotatable bonds is 3. The Labute approximate surface area is 86.1 Å². The van der Waals surface area contributed by atoms with E-state index in [0.717, 1.165) is 5.69 Å². The molecular weight excluding hydrogens is 172 g/mol. The molecule has 1 rings (SSSR count). The summed E-state index contributed by atoms with van der Waals surface area (Å²) >= 11 is 0. The van der Waals surface area contributed by atoms with Gasteiger partial charge in [-0.3, -0.25) is 0 Å². The monoisotopic (exact) mass is 190 g/mol. The molecule has 1 aromatic carbocycles. The molecule has 0 radical (unpaired) electrons. The largest absolute Gasteiger partial charge is 0.186 e. The molecule has 2 nitrogen and oxygen atoms in total. The molecule has 0 spiro atoms. The molecular formula is C12H18N2. The van der Waals surface area contributed by atoms with Crippen LogP contribution in [0.4, 0.5) is 5.69 Å². The summed E-state index contributed by atoms with van der Waals surface area (Å²) in [6, 6.07) is 8.51. The minimum absolute atomic E-state index is 0.264. The van der Waals surface area contributed by atoms with Gasteiger partial charge in [-0.1, -0.05) is 26.0 Å². The summed E-state index contributed by atoms with van der Waals surface area (Å²) in [6.07, 6.45) is 0. The first-order valence-electron chi connectivity index (χ1n) is 5.10. The number of hydrogen-bond donors (Lipinski definition) is 0. The van der Waals surface area contributed by atoms with Gasteiger partial charge >= 0.3 is 0 Å². The lowest BCUT2D eigenvalue weighted by molar-refractivity contribution is 0.778. The lowest BCUT2D eigenvalue weighted by Crippen LogP contribution is -1.86. The van der Waals surface area contributed by atoms with Crippen molar-refractivity contribution < 1.29 is 0 Å². The van der Waals surface area contributed by atoms with E-state index in [1.807, 2.05) is 26.0 Å². The van der Waals surface area contributed by atoms with Crippen molar-refractivity contribution in [1.82, 2.24) is 0 Å². The van der Waals surface area contributed by atoms with Crippen LogP contribution in [-0.2, 0) is 0 Å². The fourth-order valence-electron chi connectivity index (χ4n) is 1.11. The van der Waals surface area contributed by atoms with Gasteiger partial charge in [-0.15, -0.1) is 0 Å². The second-order valence-electron chi connectivity index (χ2n) is 4.06. The van der Waals surface area contributed by atoms with E-state index in [9.17, 15) is 0 Å². The fraction of sp³-hybridized carbons (Fsp3) is 0.500. The molecule has 76 valence electrons. The first-order valence-corrected chi connectivity index (χ1v) is 5.10. The van der Waals surface area contributed by atoms with E-state index >= 15 is 0 Å². The van der Waals surface area contributed by atoms with Crippen molar-refractivity contribution in [3.63, 3.8) is 0 Å². The molecule has 1 aromatic rings. The highest BCUT2D eigenvalue weighted by Crippen LogP contribution is 2.19. The van der Waals surface area contributed by atoms with Gasteiger partial charge in [-0.25, -0.2) is 0 Å². The van der Waals surface area contributed by atoms with Gasteiger partial charge < -0.3 is 0 Å². The minimum Gasteiger partial charge on any atom is -0.186 e. The summed E-state index contributed by atoms with van der Waals surface area (Å²) in [5, 5.41) is 8.23. The Bertz CT molecular complexity index is 297.